The molecule has 0 unspecified atom stereocenters. The van der Waals surface area contributed by atoms with Crippen LogP contribution in [0.2, 0.25) is 0 Å². The van der Waals surface area contributed by atoms with Crippen LogP contribution >= 0.6 is 0 Å². The van der Waals surface area contributed by atoms with Gasteiger partial charge in [-0.1, -0.05) is 0 Å². The minimum Gasteiger partial charge on any atom is -0.337 e. The Morgan fingerprint density at radius 2 is 2.03 bits per heavy atom. The van der Waals surface area contributed by atoms with Crippen LogP contribution in [0.4, 0.5) is 13.2 Å². The van der Waals surface area contributed by atoms with Gasteiger partial charge >= 0.3 is 6.18 Å². The summed E-state index contributed by atoms with van der Waals surface area (Å²) in [6, 6.07) is 3.33. The third-order valence-electron chi connectivity index (χ3n) is 5.42. The highest BCUT2D eigenvalue weighted by Gasteiger charge is 2.29. The fraction of sp³-hybridized carbons (Fsp3) is 0.474. The number of nitrogens with zero attached hydrogens (tertiary/aromatic N) is 6. The van der Waals surface area contributed by atoms with Gasteiger partial charge < -0.3 is 9.80 Å². The summed E-state index contributed by atoms with van der Waals surface area (Å²) in [5.74, 6) is -0.0646. The first kappa shape index (κ1) is 21.1. The highest BCUT2D eigenvalue weighted by Crippen LogP contribution is 2.21. The predicted octanol–water partition coefficient (Wildman–Crippen LogP) is 1.62. The minimum atomic E-state index is -4.19. The number of halogens is 3. The number of carbonyl (C=O) groups excluding carboxylic acids is 1. The number of hydrogen-bond acceptors (Lipinski definition) is 5. The molecule has 0 radical (unpaired) electrons. The Labute approximate surface area is 175 Å². The van der Waals surface area contributed by atoms with E-state index in [1.165, 1.54) is 15.4 Å². The quantitative estimate of drug-likeness (QED) is 0.670. The van der Waals surface area contributed by atoms with Crippen LogP contribution in [0.1, 0.15) is 28.9 Å². The van der Waals surface area contributed by atoms with Gasteiger partial charge in [0.1, 0.15) is 5.52 Å². The maximum absolute atomic E-state index is 13.1. The lowest BCUT2D eigenvalue weighted by Gasteiger charge is -2.22. The third kappa shape index (κ3) is 4.48. The van der Waals surface area contributed by atoms with E-state index in [1.54, 1.807) is 35.1 Å². The first-order valence-electron chi connectivity index (χ1n) is 9.94. The van der Waals surface area contributed by atoms with Crippen LogP contribution in [0.3, 0.4) is 0 Å². The maximum Gasteiger partial charge on any atom is 0.390 e. The van der Waals surface area contributed by atoms with Crippen LogP contribution in [-0.2, 0) is 0 Å². The number of aromatic amines is 1. The molecule has 3 aromatic heterocycles. The van der Waals surface area contributed by atoms with E-state index < -0.39 is 12.6 Å². The SMILES string of the molecule is Cc1c(C(=O)N2CCCN(CCC(F)(F)F)CC2)cnn1-c1nn2cccc2c(=O)[nH]1. The molecule has 166 valence electrons. The Kier molecular flexibility index (Phi) is 5.56. The molecule has 9 nitrogen and oxygen atoms in total. The first-order valence-corrected chi connectivity index (χ1v) is 9.94. The third-order valence-corrected chi connectivity index (χ3v) is 5.42. The van der Waals surface area contributed by atoms with Gasteiger partial charge in [-0.25, -0.2) is 9.20 Å². The van der Waals surface area contributed by atoms with E-state index in [9.17, 15) is 22.8 Å². The van der Waals surface area contributed by atoms with Crippen LogP contribution in [-0.4, -0.2) is 79.0 Å². The molecule has 0 aromatic carbocycles. The van der Waals surface area contributed by atoms with Gasteiger partial charge in [-0.3, -0.25) is 14.6 Å². The molecule has 31 heavy (non-hydrogen) atoms. The second-order valence-corrected chi connectivity index (χ2v) is 7.52. The topological polar surface area (TPSA) is 91.5 Å². The van der Waals surface area contributed by atoms with Crippen molar-refractivity contribution >= 4 is 11.4 Å². The number of amides is 1. The van der Waals surface area contributed by atoms with Gasteiger partial charge in [0.05, 0.1) is 23.9 Å². The normalized spacial score (nSPS) is 16.1. The number of hydrogen-bond donors (Lipinski definition) is 1. The van der Waals surface area contributed by atoms with E-state index in [1.807, 2.05) is 0 Å². The van der Waals surface area contributed by atoms with Crippen molar-refractivity contribution in [3.8, 4) is 5.95 Å². The van der Waals surface area contributed by atoms with E-state index in [2.05, 4.69) is 15.2 Å². The average Bonchev–Trinajstić information content (AvgIpc) is 3.25. The van der Waals surface area contributed by atoms with Crippen molar-refractivity contribution in [1.29, 1.82) is 0 Å². The largest absolute Gasteiger partial charge is 0.390 e. The standard InChI is InChI=1S/C19H22F3N7O2/c1-13-14(12-23-29(13)18-24-16(30)15-4-2-8-28(15)25-18)17(31)27-7-3-6-26(10-11-27)9-5-19(20,21)22/h2,4,8,12H,3,5-7,9-11H2,1H3,(H,24,25,30). The van der Waals surface area contributed by atoms with Gasteiger partial charge in [0.2, 0.25) is 5.95 Å². The van der Waals surface area contributed by atoms with Crippen molar-refractivity contribution in [2.75, 3.05) is 32.7 Å². The molecular weight excluding hydrogens is 415 g/mol. The molecule has 12 heteroatoms. The fourth-order valence-corrected chi connectivity index (χ4v) is 3.71. The minimum absolute atomic E-state index is 0.0661. The Morgan fingerprint density at radius 3 is 2.81 bits per heavy atom. The molecule has 1 aliphatic heterocycles. The van der Waals surface area contributed by atoms with Crippen LogP contribution in [0, 0.1) is 6.92 Å². The first-order chi connectivity index (χ1) is 14.7. The lowest BCUT2D eigenvalue weighted by molar-refractivity contribution is -0.137. The lowest BCUT2D eigenvalue weighted by atomic mass is 10.2. The maximum atomic E-state index is 13.1. The molecule has 1 fully saturated rings. The number of H-pyrrole nitrogens is 1. The van der Waals surface area contributed by atoms with Crippen molar-refractivity contribution in [2.24, 2.45) is 0 Å². The van der Waals surface area contributed by atoms with Gasteiger partial charge in [-0.2, -0.15) is 18.3 Å². The number of rotatable bonds is 4. The number of carbonyl (C=O) groups is 1. The average molecular weight is 437 g/mol. The molecule has 4 rings (SSSR count). The summed E-state index contributed by atoms with van der Waals surface area (Å²) in [4.78, 5) is 31.3. The van der Waals surface area contributed by atoms with Crippen molar-refractivity contribution in [1.82, 2.24) is 34.2 Å². The van der Waals surface area contributed by atoms with E-state index in [-0.39, 0.29) is 24.0 Å². The molecular formula is C19H22F3N7O2. The molecule has 0 spiro atoms. The van der Waals surface area contributed by atoms with Crippen molar-refractivity contribution in [2.45, 2.75) is 25.9 Å². The van der Waals surface area contributed by atoms with Gasteiger partial charge in [0.25, 0.3) is 11.5 Å². The molecule has 1 saturated heterocycles. The zero-order valence-electron chi connectivity index (χ0n) is 16.9. The zero-order chi connectivity index (χ0) is 22.2. The second-order valence-electron chi connectivity index (χ2n) is 7.52. The zero-order valence-corrected chi connectivity index (χ0v) is 16.9. The number of fused-ring (bicyclic) bond motifs is 1. The Hall–Kier alpha value is -3.15. The van der Waals surface area contributed by atoms with Crippen LogP contribution < -0.4 is 5.56 Å². The van der Waals surface area contributed by atoms with Crippen molar-refractivity contribution in [3.63, 3.8) is 0 Å². The van der Waals surface area contributed by atoms with E-state index in [4.69, 9.17) is 0 Å². The molecule has 1 N–H and O–H groups in total. The van der Waals surface area contributed by atoms with E-state index in [0.29, 0.717) is 49.4 Å². The molecule has 1 amide bonds. The molecule has 1 aliphatic rings. The summed E-state index contributed by atoms with van der Waals surface area (Å²) < 4.78 is 40.3. The van der Waals surface area contributed by atoms with Gasteiger partial charge in [0, 0.05) is 32.4 Å². The Morgan fingerprint density at radius 1 is 1.23 bits per heavy atom. The van der Waals surface area contributed by atoms with Crippen LogP contribution in [0.15, 0.2) is 29.3 Å². The summed E-state index contributed by atoms with van der Waals surface area (Å²) in [6.45, 7) is 3.33. The van der Waals surface area contributed by atoms with Gasteiger partial charge in [0.15, 0.2) is 0 Å². The predicted molar refractivity (Wildman–Crippen MR) is 105 cm³/mol. The van der Waals surface area contributed by atoms with Crippen LogP contribution in [0.5, 0.6) is 0 Å². The molecule has 0 bridgehead atoms. The summed E-state index contributed by atoms with van der Waals surface area (Å²) >= 11 is 0. The Balaban J connectivity index is 1.49. The number of nitrogens with one attached hydrogen (secondary N) is 1. The van der Waals surface area contributed by atoms with E-state index in [0.717, 1.165) is 0 Å². The summed E-state index contributed by atoms with van der Waals surface area (Å²) in [5.41, 5.74) is 0.936. The summed E-state index contributed by atoms with van der Waals surface area (Å²) in [5, 5.41) is 8.53. The van der Waals surface area contributed by atoms with Gasteiger partial charge in [-0.15, -0.1) is 5.10 Å². The smallest absolute Gasteiger partial charge is 0.337 e. The fourth-order valence-electron chi connectivity index (χ4n) is 3.71. The highest BCUT2D eigenvalue weighted by molar-refractivity contribution is 5.95. The number of alkyl halides is 3. The molecule has 3 aromatic rings. The summed E-state index contributed by atoms with van der Waals surface area (Å²) in [7, 11) is 0. The van der Waals surface area contributed by atoms with E-state index >= 15 is 0 Å². The molecule has 4 heterocycles. The molecule has 0 aliphatic carbocycles. The second kappa shape index (κ2) is 8.17. The van der Waals surface area contributed by atoms with Crippen molar-refractivity contribution in [3.05, 3.63) is 46.1 Å². The summed E-state index contributed by atoms with van der Waals surface area (Å²) in [6.07, 6.45) is -1.39. The molecule has 0 saturated carbocycles. The van der Waals surface area contributed by atoms with Gasteiger partial charge in [-0.05, 0) is 32.0 Å². The highest BCUT2D eigenvalue weighted by atomic mass is 19.4. The Bertz CT molecular complexity index is 1150. The van der Waals surface area contributed by atoms with Crippen molar-refractivity contribution < 1.29 is 18.0 Å². The molecule has 0 atom stereocenters. The monoisotopic (exact) mass is 437 g/mol. The lowest BCUT2D eigenvalue weighted by Crippen LogP contribution is -2.36. The number of aromatic nitrogens is 5. The van der Waals surface area contributed by atoms with Crippen LogP contribution in [0.25, 0.3) is 11.5 Å².